The second kappa shape index (κ2) is 8.50. The summed E-state index contributed by atoms with van der Waals surface area (Å²) in [5.74, 6) is 0.339. The molecule has 26 heavy (non-hydrogen) atoms. The van der Waals surface area contributed by atoms with Gasteiger partial charge in [-0.15, -0.1) is 0 Å². The van der Waals surface area contributed by atoms with Crippen molar-refractivity contribution >= 4 is 5.91 Å². The van der Waals surface area contributed by atoms with Gasteiger partial charge in [0.15, 0.2) is 0 Å². The minimum atomic E-state index is 0.0594. The van der Waals surface area contributed by atoms with Gasteiger partial charge in [0, 0.05) is 12.5 Å². The van der Waals surface area contributed by atoms with E-state index in [0.717, 1.165) is 32.5 Å². The quantitative estimate of drug-likeness (QED) is 0.867. The molecule has 3 nitrogen and oxygen atoms in total. The monoisotopic (exact) mass is 350 g/mol. The van der Waals surface area contributed by atoms with Crippen LogP contribution in [0.3, 0.4) is 0 Å². The molecule has 1 heterocycles. The summed E-state index contributed by atoms with van der Waals surface area (Å²) in [5.41, 5.74) is 5.10. The van der Waals surface area contributed by atoms with Gasteiger partial charge in [0.25, 0.3) is 0 Å². The van der Waals surface area contributed by atoms with Gasteiger partial charge in [-0.25, -0.2) is 0 Å². The molecule has 1 atom stereocenters. The van der Waals surface area contributed by atoms with Gasteiger partial charge < -0.3 is 5.32 Å². The van der Waals surface area contributed by atoms with E-state index in [2.05, 4.69) is 79.5 Å². The van der Waals surface area contributed by atoms with Crippen molar-refractivity contribution in [2.75, 3.05) is 13.1 Å². The number of benzene rings is 2. The molecule has 0 unspecified atom stereocenters. The molecule has 2 aromatic rings. The third-order valence-electron chi connectivity index (χ3n) is 5.60. The average molecular weight is 351 g/mol. The zero-order valence-electron chi connectivity index (χ0n) is 16.2. The number of amides is 1. The van der Waals surface area contributed by atoms with E-state index < -0.39 is 0 Å². The van der Waals surface area contributed by atoms with Crippen LogP contribution in [0.4, 0.5) is 0 Å². The topological polar surface area (TPSA) is 32.3 Å². The molecule has 3 rings (SSSR count). The first-order valence-corrected chi connectivity index (χ1v) is 9.66. The van der Waals surface area contributed by atoms with E-state index in [1.165, 1.54) is 22.3 Å². The van der Waals surface area contributed by atoms with Crippen molar-refractivity contribution < 1.29 is 4.79 Å². The summed E-state index contributed by atoms with van der Waals surface area (Å²) in [6, 6.07) is 17.1. The van der Waals surface area contributed by atoms with Crippen LogP contribution in [0, 0.1) is 19.8 Å². The summed E-state index contributed by atoms with van der Waals surface area (Å²) in [4.78, 5) is 15.1. The number of rotatable bonds is 5. The van der Waals surface area contributed by atoms with Crippen LogP contribution in [0.15, 0.2) is 48.5 Å². The number of nitrogens with one attached hydrogen (secondary N) is 1. The van der Waals surface area contributed by atoms with E-state index in [9.17, 15) is 4.79 Å². The lowest BCUT2D eigenvalue weighted by Gasteiger charge is -2.32. The fraction of sp³-hybridized carbons (Fsp3) is 0.435. The predicted molar refractivity (Wildman–Crippen MR) is 107 cm³/mol. The van der Waals surface area contributed by atoms with Crippen molar-refractivity contribution in [3.63, 3.8) is 0 Å². The molecule has 0 spiro atoms. The average Bonchev–Trinajstić information content (AvgIpc) is 2.65. The van der Waals surface area contributed by atoms with Gasteiger partial charge in [0.05, 0.1) is 6.04 Å². The highest BCUT2D eigenvalue weighted by atomic mass is 16.1. The Morgan fingerprint density at radius 1 is 1.08 bits per heavy atom. The van der Waals surface area contributed by atoms with Crippen molar-refractivity contribution in [1.29, 1.82) is 0 Å². The van der Waals surface area contributed by atoms with Crippen molar-refractivity contribution in [2.24, 2.45) is 5.92 Å². The first kappa shape index (κ1) is 18.7. The zero-order chi connectivity index (χ0) is 18.5. The minimum absolute atomic E-state index is 0.0594. The lowest BCUT2D eigenvalue weighted by atomic mass is 9.94. The summed E-state index contributed by atoms with van der Waals surface area (Å²) in [5, 5.41) is 3.22. The molecule has 0 radical (unpaired) electrons. The maximum atomic E-state index is 12.7. The third kappa shape index (κ3) is 4.73. The largest absolute Gasteiger partial charge is 0.349 e. The van der Waals surface area contributed by atoms with Crippen molar-refractivity contribution in [3.8, 4) is 0 Å². The number of hydrogen-bond donors (Lipinski definition) is 1. The minimum Gasteiger partial charge on any atom is -0.349 e. The number of piperidine rings is 1. The van der Waals surface area contributed by atoms with Gasteiger partial charge in [0.2, 0.25) is 5.91 Å². The standard InChI is InChI=1S/C23H30N2O/c1-17-9-10-22(15-18(17)2)19(3)24-23(26)21-11-13-25(14-12-21)16-20-7-5-4-6-8-20/h4-10,15,19,21H,11-14,16H2,1-3H3,(H,24,26)/t19-/m0/s1. The lowest BCUT2D eigenvalue weighted by Crippen LogP contribution is -2.40. The van der Waals surface area contributed by atoms with Crippen molar-refractivity contribution in [1.82, 2.24) is 10.2 Å². The van der Waals surface area contributed by atoms with E-state index in [1.807, 2.05) is 0 Å². The van der Waals surface area contributed by atoms with Crippen molar-refractivity contribution in [3.05, 3.63) is 70.8 Å². The molecule has 138 valence electrons. The zero-order valence-corrected chi connectivity index (χ0v) is 16.2. The number of carbonyl (C=O) groups is 1. The van der Waals surface area contributed by atoms with E-state index >= 15 is 0 Å². The van der Waals surface area contributed by atoms with Gasteiger partial charge in [-0.2, -0.15) is 0 Å². The summed E-state index contributed by atoms with van der Waals surface area (Å²) < 4.78 is 0. The Labute approximate surface area is 157 Å². The number of nitrogens with zero attached hydrogens (tertiary/aromatic N) is 1. The van der Waals surface area contributed by atoms with Gasteiger partial charge >= 0.3 is 0 Å². The molecule has 0 bridgehead atoms. The van der Waals surface area contributed by atoms with E-state index in [0.29, 0.717) is 0 Å². The van der Waals surface area contributed by atoms with Crippen LogP contribution in [0.2, 0.25) is 0 Å². The molecule has 1 amide bonds. The van der Waals surface area contributed by atoms with Crippen LogP contribution in [0.5, 0.6) is 0 Å². The van der Waals surface area contributed by atoms with Crippen LogP contribution in [-0.4, -0.2) is 23.9 Å². The molecule has 0 aliphatic carbocycles. The Morgan fingerprint density at radius 3 is 2.42 bits per heavy atom. The highest BCUT2D eigenvalue weighted by Crippen LogP contribution is 2.22. The number of aryl methyl sites for hydroxylation is 2. The number of likely N-dealkylation sites (tertiary alicyclic amines) is 1. The Balaban J connectivity index is 1.49. The SMILES string of the molecule is Cc1ccc([C@H](C)NC(=O)C2CCN(Cc3ccccc3)CC2)cc1C. The highest BCUT2D eigenvalue weighted by molar-refractivity contribution is 5.79. The summed E-state index contributed by atoms with van der Waals surface area (Å²) >= 11 is 0. The predicted octanol–water partition coefficient (Wildman–Crippen LogP) is 4.39. The second-order valence-electron chi connectivity index (χ2n) is 7.61. The van der Waals surface area contributed by atoms with Gasteiger partial charge in [0.1, 0.15) is 0 Å². The third-order valence-corrected chi connectivity index (χ3v) is 5.60. The van der Waals surface area contributed by atoms with Crippen LogP contribution in [0.25, 0.3) is 0 Å². The van der Waals surface area contributed by atoms with Crippen LogP contribution in [0.1, 0.15) is 48.1 Å². The highest BCUT2D eigenvalue weighted by Gasteiger charge is 2.26. The molecular weight excluding hydrogens is 320 g/mol. The smallest absolute Gasteiger partial charge is 0.223 e. The number of hydrogen-bond acceptors (Lipinski definition) is 2. The fourth-order valence-electron chi connectivity index (χ4n) is 3.64. The van der Waals surface area contributed by atoms with E-state index in [1.54, 1.807) is 0 Å². The molecule has 1 saturated heterocycles. The second-order valence-corrected chi connectivity index (χ2v) is 7.61. The Kier molecular flexibility index (Phi) is 6.10. The first-order valence-electron chi connectivity index (χ1n) is 9.66. The maximum Gasteiger partial charge on any atom is 0.223 e. The Bertz CT molecular complexity index is 733. The Morgan fingerprint density at radius 2 is 1.77 bits per heavy atom. The molecule has 1 aliphatic rings. The van der Waals surface area contributed by atoms with E-state index in [-0.39, 0.29) is 17.9 Å². The lowest BCUT2D eigenvalue weighted by molar-refractivity contribution is -0.127. The Hall–Kier alpha value is -2.13. The van der Waals surface area contributed by atoms with Gasteiger partial charge in [-0.1, -0.05) is 48.5 Å². The van der Waals surface area contributed by atoms with Gasteiger partial charge in [-0.05, 0) is 69.0 Å². The molecule has 3 heteroatoms. The van der Waals surface area contributed by atoms with Crippen LogP contribution in [-0.2, 0) is 11.3 Å². The molecule has 1 aliphatic heterocycles. The molecule has 0 aromatic heterocycles. The molecule has 1 fully saturated rings. The summed E-state index contributed by atoms with van der Waals surface area (Å²) in [6.45, 7) is 9.28. The fourth-order valence-corrected chi connectivity index (χ4v) is 3.64. The molecule has 2 aromatic carbocycles. The van der Waals surface area contributed by atoms with Crippen LogP contribution >= 0.6 is 0 Å². The molecule has 0 saturated carbocycles. The molecule has 1 N–H and O–H groups in total. The van der Waals surface area contributed by atoms with Gasteiger partial charge in [-0.3, -0.25) is 9.69 Å². The van der Waals surface area contributed by atoms with Crippen LogP contribution < -0.4 is 5.32 Å². The molecular formula is C23H30N2O. The number of carbonyl (C=O) groups excluding carboxylic acids is 1. The summed E-state index contributed by atoms with van der Waals surface area (Å²) in [7, 11) is 0. The van der Waals surface area contributed by atoms with E-state index in [4.69, 9.17) is 0 Å². The normalized spacial score (nSPS) is 17.0. The summed E-state index contributed by atoms with van der Waals surface area (Å²) in [6.07, 6.45) is 1.89. The first-order chi connectivity index (χ1) is 12.5. The maximum absolute atomic E-state index is 12.7. The van der Waals surface area contributed by atoms with Crippen molar-refractivity contribution in [2.45, 2.75) is 46.2 Å².